The Bertz CT molecular complexity index is 333. The van der Waals surface area contributed by atoms with Crippen LogP contribution in [0.2, 0.25) is 0 Å². The third kappa shape index (κ3) is 4.58. The maximum atomic E-state index is 4.46. The van der Waals surface area contributed by atoms with Crippen LogP contribution in [0.15, 0.2) is 17.6 Å². The van der Waals surface area contributed by atoms with Crippen LogP contribution < -0.4 is 5.32 Å². The van der Waals surface area contributed by atoms with Crippen LogP contribution in [-0.4, -0.2) is 21.8 Å². The van der Waals surface area contributed by atoms with Crippen molar-refractivity contribution in [2.45, 2.75) is 62.4 Å². The molecule has 0 amide bonds. The highest BCUT2D eigenvalue weighted by Gasteiger charge is 2.15. The number of thioether (sulfide) groups is 1. The minimum atomic E-state index is 0.739. The van der Waals surface area contributed by atoms with Crippen molar-refractivity contribution in [2.75, 3.05) is 6.54 Å². The second-order valence-corrected chi connectivity index (χ2v) is 6.20. The SMILES string of the molecule is CCCNCc1cnc(SC2CCCCC2)nc1. The van der Waals surface area contributed by atoms with Crippen molar-refractivity contribution in [3.8, 4) is 0 Å². The quantitative estimate of drug-likeness (QED) is 0.632. The van der Waals surface area contributed by atoms with Gasteiger partial charge in [-0.15, -0.1) is 0 Å². The Labute approximate surface area is 114 Å². The molecule has 0 atom stereocenters. The molecule has 2 rings (SSSR count). The van der Waals surface area contributed by atoms with Gasteiger partial charge in [0.2, 0.25) is 0 Å². The summed E-state index contributed by atoms with van der Waals surface area (Å²) in [6.07, 6.45) is 11.9. The number of aromatic nitrogens is 2. The van der Waals surface area contributed by atoms with Crippen molar-refractivity contribution in [3.63, 3.8) is 0 Å². The predicted octanol–water partition coefficient (Wildman–Crippen LogP) is 3.40. The molecule has 0 radical (unpaired) electrons. The van der Waals surface area contributed by atoms with Gasteiger partial charge in [0.15, 0.2) is 5.16 Å². The van der Waals surface area contributed by atoms with Crippen LogP contribution in [0.3, 0.4) is 0 Å². The van der Waals surface area contributed by atoms with Crippen molar-refractivity contribution in [1.82, 2.24) is 15.3 Å². The third-order valence-corrected chi connectivity index (χ3v) is 4.49. The number of hydrogen-bond donors (Lipinski definition) is 1. The molecule has 1 saturated carbocycles. The molecule has 1 aromatic heterocycles. The zero-order valence-corrected chi connectivity index (χ0v) is 12.0. The molecule has 1 N–H and O–H groups in total. The van der Waals surface area contributed by atoms with E-state index in [4.69, 9.17) is 0 Å². The zero-order valence-electron chi connectivity index (χ0n) is 11.2. The second kappa shape index (κ2) is 7.74. The molecule has 1 aromatic rings. The Kier molecular flexibility index (Phi) is 5.94. The van der Waals surface area contributed by atoms with Crippen LogP contribution >= 0.6 is 11.8 Å². The van der Waals surface area contributed by atoms with Crippen LogP contribution in [0, 0.1) is 0 Å². The summed E-state index contributed by atoms with van der Waals surface area (Å²) in [7, 11) is 0. The summed E-state index contributed by atoms with van der Waals surface area (Å²) in [6.45, 7) is 4.11. The third-order valence-electron chi connectivity index (χ3n) is 3.26. The van der Waals surface area contributed by atoms with Gasteiger partial charge in [-0.05, 0) is 25.8 Å². The van der Waals surface area contributed by atoms with Crippen LogP contribution in [-0.2, 0) is 6.54 Å². The van der Waals surface area contributed by atoms with Crippen LogP contribution in [0.1, 0.15) is 51.0 Å². The molecular formula is C14H23N3S. The predicted molar refractivity (Wildman–Crippen MR) is 76.8 cm³/mol. The van der Waals surface area contributed by atoms with Crippen molar-refractivity contribution >= 4 is 11.8 Å². The molecule has 0 bridgehead atoms. The van der Waals surface area contributed by atoms with Crippen molar-refractivity contribution in [2.24, 2.45) is 0 Å². The van der Waals surface area contributed by atoms with Gasteiger partial charge in [0.1, 0.15) is 0 Å². The molecule has 0 unspecified atom stereocenters. The summed E-state index contributed by atoms with van der Waals surface area (Å²) in [5.74, 6) is 0. The van der Waals surface area contributed by atoms with Crippen molar-refractivity contribution in [1.29, 1.82) is 0 Å². The highest BCUT2D eigenvalue weighted by atomic mass is 32.2. The van der Waals surface area contributed by atoms with Gasteiger partial charge in [-0.25, -0.2) is 9.97 Å². The molecule has 4 heteroatoms. The zero-order chi connectivity index (χ0) is 12.6. The van der Waals surface area contributed by atoms with E-state index in [0.717, 1.165) is 29.9 Å². The number of rotatable bonds is 6. The normalized spacial score (nSPS) is 16.9. The van der Waals surface area contributed by atoms with Gasteiger partial charge in [-0.1, -0.05) is 37.9 Å². The fraction of sp³-hybridized carbons (Fsp3) is 0.714. The maximum absolute atomic E-state index is 4.46. The van der Waals surface area contributed by atoms with Gasteiger partial charge in [0.05, 0.1) is 0 Å². The molecule has 1 aliphatic carbocycles. The Balaban J connectivity index is 1.79. The minimum absolute atomic E-state index is 0.739. The smallest absolute Gasteiger partial charge is 0.187 e. The summed E-state index contributed by atoms with van der Waals surface area (Å²) in [6, 6.07) is 0. The van der Waals surface area contributed by atoms with Gasteiger partial charge in [-0.3, -0.25) is 0 Å². The highest BCUT2D eigenvalue weighted by molar-refractivity contribution is 7.99. The van der Waals surface area contributed by atoms with Crippen LogP contribution in [0.25, 0.3) is 0 Å². The lowest BCUT2D eigenvalue weighted by Gasteiger charge is -2.19. The molecule has 0 saturated heterocycles. The Morgan fingerprint density at radius 2 is 1.94 bits per heavy atom. The summed E-state index contributed by atoms with van der Waals surface area (Å²) in [5.41, 5.74) is 1.18. The first-order valence-corrected chi connectivity index (χ1v) is 7.94. The molecule has 1 heterocycles. The maximum Gasteiger partial charge on any atom is 0.187 e. The molecule has 1 aliphatic rings. The molecule has 18 heavy (non-hydrogen) atoms. The average Bonchev–Trinajstić information content (AvgIpc) is 2.42. The summed E-state index contributed by atoms with van der Waals surface area (Å²) in [4.78, 5) is 8.93. The van der Waals surface area contributed by atoms with E-state index in [1.165, 1.54) is 37.7 Å². The van der Waals surface area contributed by atoms with Gasteiger partial charge < -0.3 is 5.32 Å². The van der Waals surface area contributed by atoms with Crippen molar-refractivity contribution < 1.29 is 0 Å². The first-order chi connectivity index (χ1) is 8.88. The van der Waals surface area contributed by atoms with Gasteiger partial charge in [0, 0.05) is 29.8 Å². The number of nitrogens with zero attached hydrogens (tertiary/aromatic N) is 2. The second-order valence-electron chi connectivity index (χ2n) is 4.93. The lowest BCUT2D eigenvalue weighted by atomic mass is 10.0. The average molecular weight is 265 g/mol. The summed E-state index contributed by atoms with van der Waals surface area (Å²) >= 11 is 1.86. The van der Waals surface area contributed by atoms with E-state index >= 15 is 0 Å². The van der Waals surface area contributed by atoms with E-state index in [2.05, 4.69) is 22.2 Å². The first-order valence-electron chi connectivity index (χ1n) is 7.07. The van der Waals surface area contributed by atoms with Gasteiger partial charge >= 0.3 is 0 Å². The molecule has 100 valence electrons. The Morgan fingerprint density at radius 3 is 2.61 bits per heavy atom. The summed E-state index contributed by atoms with van der Waals surface area (Å²) in [5, 5.41) is 5.05. The lowest BCUT2D eigenvalue weighted by Crippen LogP contribution is -2.14. The van der Waals surface area contributed by atoms with Crippen LogP contribution in [0.5, 0.6) is 0 Å². The fourth-order valence-corrected chi connectivity index (χ4v) is 3.33. The largest absolute Gasteiger partial charge is 0.313 e. The monoisotopic (exact) mass is 265 g/mol. The lowest BCUT2D eigenvalue weighted by molar-refractivity contribution is 0.515. The van der Waals surface area contributed by atoms with Crippen LogP contribution in [0.4, 0.5) is 0 Å². The van der Waals surface area contributed by atoms with Gasteiger partial charge in [0.25, 0.3) is 0 Å². The standard InChI is InChI=1S/C14H23N3S/c1-2-8-15-9-12-10-16-14(17-11-12)18-13-6-4-3-5-7-13/h10-11,13,15H,2-9H2,1H3. The number of hydrogen-bond acceptors (Lipinski definition) is 4. The molecule has 0 aliphatic heterocycles. The Hall–Kier alpha value is -0.610. The topological polar surface area (TPSA) is 37.8 Å². The van der Waals surface area contributed by atoms with E-state index < -0.39 is 0 Å². The van der Waals surface area contributed by atoms with E-state index in [1.54, 1.807) is 0 Å². The van der Waals surface area contributed by atoms with E-state index in [-0.39, 0.29) is 0 Å². The van der Waals surface area contributed by atoms with Gasteiger partial charge in [-0.2, -0.15) is 0 Å². The van der Waals surface area contributed by atoms with Crippen molar-refractivity contribution in [3.05, 3.63) is 18.0 Å². The van der Waals surface area contributed by atoms with E-state index in [0.29, 0.717) is 0 Å². The highest BCUT2D eigenvalue weighted by Crippen LogP contribution is 2.31. The number of nitrogens with one attached hydrogen (secondary N) is 1. The molecule has 0 spiro atoms. The molecular weight excluding hydrogens is 242 g/mol. The Morgan fingerprint density at radius 1 is 1.22 bits per heavy atom. The van der Waals surface area contributed by atoms with E-state index in [9.17, 15) is 0 Å². The molecule has 0 aromatic carbocycles. The molecule has 1 fully saturated rings. The first kappa shape index (κ1) is 13.8. The minimum Gasteiger partial charge on any atom is -0.313 e. The summed E-state index contributed by atoms with van der Waals surface area (Å²) < 4.78 is 0. The molecule has 3 nitrogen and oxygen atoms in total. The van der Waals surface area contributed by atoms with E-state index in [1.807, 2.05) is 24.2 Å². The fourth-order valence-electron chi connectivity index (χ4n) is 2.24.